The minimum atomic E-state index is -0.731. The van der Waals surface area contributed by atoms with Gasteiger partial charge in [-0.15, -0.1) is 0 Å². The highest BCUT2D eigenvalue weighted by Crippen LogP contribution is 2.41. The number of carbonyl (C=O) groups is 2. The van der Waals surface area contributed by atoms with Gasteiger partial charge < -0.3 is 24.4 Å². The molecule has 170 valence electrons. The Balaban J connectivity index is 2.15. The lowest BCUT2D eigenvalue weighted by molar-refractivity contribution is -0.140. The predicted octanol–water partition coefficient (Wildman–Crippen LogP) is 3.47. The van der Waals surface area contributed by atoms with Gasteiger partial charge in [-0.1, -0.05) is 38.1 Å². The molecule has 1 aliphatic heterocycles. The minimum Gasteiger partial charge on any atom is -0.507 e. The van der Waals surface area contributed by atoms with Crippen molar-refractivity contribution in [3.8, 4) is 11.5 Å². The zero-order valence-corrected chi connectivity index (χ0v) is 19.0. The second-order valence-electron chi connectivity index (χ2n) is 7.50. The Kier molecular flexibility index (Phi) is 7.53. The van der Waals surface area contributed by atoms with Gasteiger partial charge in [0.25, 0.3) is 11.7 Å². The summed E-state index contributed by atoms with van der Waals surface area (Å²) in [5, 5.41) is 11.2. The van der Waals surface area contributed by atoms with Crippen molar-refractivity contribution in [3.63, 3.8) is 0 Å². The number of ether oxygens (including phenoxy) is 2. The van der Waals surface area contributed by atoms with Crippen LogP contribution >= 0.6 is 0 Å². The fourth-order valence-corrected chi connectivity index (χ4v) is 4.04. The van der Waals surface area contributed by atoms with E-state index in [2.05, 4.69) is 18.7 Å². The summed E-state index contributed by atoms with van der Waals surface area (Å²) in [5.74, 6) is -0.556. The Morgan fingerprint density at radius 3 is 2.41 bits per heavy atom. The molecule has 0 radical (unpaired) electrons. The average molecular weight is 439 g/mol. The molecule has 0 saturated carbocycles. The fourth-order valence-electron chi connectivity index (χ4n) is 4.04. The Morgan fingerprint density at radius 2 is 1.75 bits per heavy atom. The maximum Gasteiger partial charge on any atom is 0.295 e. The van der Waals surface area contributed by atoms with E-state index in [1.165, 1.54) is 12.0 Å². The van der Waals surface area contributed by atoms with E-state index in [9.17, 15) is 14.7 Å². The lowest BCUT2D eigenvalue weighted by Gasteiger charge is -2.28. The van der Waals surface area contributed by atoms with Crippen LogP contribution in [-0.4, -0.2) is 67.0 Å². The molecule has 1 aliphatic rings. The van der Waals surface area contributed by atoms with Gasteiger partial charge in [0.1, 0.15) is 17.3 Å². The van der Waals surface area contributed by atoms with Crippen LogP contribution in [0, 0.1) is 0 Å². The molecule has 0 spiro atoms. The maximum atomic E-state index is 13.2. The van der Waals surface area contributed by atoms with E-state index in [0.29, 0.717) is 35.7 Å². The van der Waals surface area contributed by atoms with Gasteiger partial charge in [-0.3, -0.25) is 9.59 Å². The van der Waals surface area contributed by atoms with Gasteiger partial charge in [0.05, 0.1) is 31.4 Å². The Morgan fingerprint density at radius 1 is 1.03 bits per heavy atom. The number of hydrogen-bond donors (Lipinski definition) is 1. The highest BCUT2D eigenvalue weighted by atomic mass is 16.5. The second kappa shape index (κ2) is 10.3. The summed E-state index contributed by atoms with van der Waals surface area (Å²) in [7, 11) is 3.06. The van der Waals surface area contributed by atoms with Crippen LogP contribution in [0.15, 0.2) is 54.1 Å². The largest absolute Gasteiger partial charge is 0.507 e. The first kappa shape index (κ1) is 23.3. The molecule has 2 aromatic rings. The molecule has 0 aromatic heterocycles. The number of aliphatic hydroxyl groups excluding tert-OH is 1. The molecule has 0 aliphatic carbocycles. The van der Waals surface area contributed by atoms with Crippen molar-refractivity contribution in [2.24, 2.45) is 0 Å². The number of benzene rings is 2. The first-order valence-electron chi connectivity index (χ1n) is 10.7. The van der Waals surface area contributed by atoms with E-state index in [4.69, 9.17) is 9.47 Å². The van der Waals surface area contributed by atoms with Crippen LogP contribution < -0.4 is 9.47 Å². The number of ketones is 1. The topological polar surface area (TPSA) is 79.3 Å². The van der Waals surface area contributed by atoms with Crippen molar-refractivity contribution >= 4 is 17.4 Å². The molecule has 2 aromatic carbocycles. The van der Waals surface area contributed by atoms with Crippen LogP contribution in [0.3, 0.4) is 0 Å². The van der Waals surface area contributed by atoms with Crippen LogP contribution in [0.25, 0.3) is 5.76 Å². The van der Waals surface area contributed by atoms with Gasteiger partial charge in [-0.2, -0.15) is 0 Å². The molecule has 0 bridgehead atoms. The summed E-state index contributed by atoms with van der Waals surface area (Å²) in [4.78, 5) is 30.0. The molecule has 1 atom stereocenters. The summed E-state index contributed by atoms with van der Waals surface area (Å²) in [6.45, 7) is 6.76. The van der Waals surface area contributed by atoms with Gasteiger partial charge in [0, 0.05) is 13.1 Å². The van der Waals surface area contributed by atoms with Crippen molar-refractivity contribution in [1.29, 1.82) is 0 Å². The molecule has 1 saturated heterocycles. The number of amides is 1. The Bertz CT molecular complexity index is 1010. The molecular formula is C25H30N2O5. The zero-order chi connectivity index (χ0) is 23.3. The molecule has 1 amide bonds. The molecular weight excluding hydrogens is 408 g/mol. The summed E-state index contributed by atoms with van der Waals surface area (Å²) < 4.78 is 10.7. The van der Waals surface area contributed by atoms with Crippen LogP contribution in [-0.2, 0) is 9.59 Å². The van der Waals surface area contributed by atoms with Crippen LogP contribution in [0.5, 0.6) is 11.5 Å². The number of likely N-dealkylation sites (N-methyl/N-ethyl adjacent to an activating group) is 1. The number of rotatable bonds is 9. The van der Waals surface area contributed by atoms with Crippen molar-refractivity contribution in [3.05, 3.63) is 65.2 Å². The SMILES string of the molecule is CCN(CC)CCN1C(=O)C(=O)/C(=C(/O)c2ccccc2OC)C1c1cccc(OC)c1. The minimum absolute atomic E-state index is 0.0484. The Hall–Kier alpha value is -3.32. The van der Waals surface area contributed by atoms with Gasteiger partial charge in [0.2, 0.25) is 0 Å². The van der Waals surface area contributed by atoms with Crippen molar-refractivity contribution in [1.82, 2.24) is 9.80 Å². The van der Waals surface area contributed by atoms with Gasteiger partial charge in [-0.05, 0) is 42.9 Å². The summed E-state index contributed by atoms with van der Waals surface area (Å²) in [6.07, 6.45) is 0. The van der Waals surface area contributed by atoms with E-state index in [1.807, 2.05) is 12.1 Å². The van der Waals surface area contributed by atoms with Gasteiger partial charge in [0.15, 0.2) is 0 Å². The normalized spacial score (nSPS) is 17.8. The highest BCUT2D eigenvalue weighted by molar-refractivity contribution is 6.46. The number of carbonyl (C=O) groups excluding carboxylic acids is 2. The zero-order valence-electron chi connectivity index (χ0n) is 19.0. The number of para-hydroxylation sites is 1. The van der Waals surface area contributed by atoms with Gasteiger partial charge >= 0.3 is 0 Å². The summed E-state index contributed by atoms with van der Waals surface area (Å²) in [6, 6.07) is 13.4. The third-order valence-electron chi connectivity index (χ3n) is 5.86. The first-order chi connectivity index (χ1) is 15.5. The maximum absolute atomic E-state index is 13.2. The highest BCUT2D eigenvalue weighted by Gasteiger charge is 2.46. The van der Waals surface area contributed by atoms with Crippen molar-refractivity contribution in [2.45, 2.75) is 19.9 Å². The quantitative estimate of drug-likeness (QED) is 0.367. The number of Topliss-reactive ketones (excluding diaryl/α,β-unsaturated/α-hetero) is 1. The first-order valence-corrected chi connectivity index (χ1v) is 10.7. The van der Waals surface area contributed by atoms with E-state index < -0.39 is 17.7 Å². The predicted molar refractivity (Wildman–Crippen MR) is 123 cm³/mol. The van der Waals surface area contributed by atoms with Crippen LogP contribution in [0.2, 0.25) is 0 Å². The standard InChI is InChI=1S/C25H30N2O5/c1-5-26(6-2)14-15-27-22(17-10-9-11-18(16-17)31-3)21(24(29)25(27)30)23(28)19-12-7-8-13-20(19)32-4/h7-13,16,22,28H,5-6,14-15H2,1-4H3/b23-21+. The number of hydrogen-bond acceptors (Lipinski definition) is 6. The molecule has 1 unspecified atom stereocenters. The summed E-state index contributed by atoms with van der Waals surface area (Å²) >= 11 is 0. The van der Waals surface area contributed by atoms with E-state index >= 15 is 0 Å². The lowest BCUT2D eigenvalue weighted by atomic mass is 9.95. The van der Waals surface area contributed by atoms with Crippen molar-refractivity contribution < 1.29 is 24.2 Å². The number of likely N-dealkylation sites (tertiary alicyclic amines) is 1. The van der Waals surface area contributed by atoms with E-state index in [1.54, 1.807) is 43.5 Å². The Labute approximate surface area is 188 Å². The lowest BCUT2D eigenvalue weighted by Crippen LogP contribution is -2.38. The molecule has 7 nitrogen and oxygen atoms in total. The van der Waals surface area contributed by atoms with Crippen LogP contribution in [0.4, 0.5) is 0 Å². The molecule has 1 N–H and O–H groups in total. The third-order valence-corrected chi connectivity index (χ3v) is 5.86. The smallest absolute Gasteiger partial charge is 0.295 e. The van der Waals surface area contributed by atoms with Crippen LogP contribution in [0.1, 0.15) is 31.0 Å². The molecule has 32 heavy (non-hydrogen) atoms. The number of nitrogens with zero attached hydrogens (tertiary/aromatic N) is 2. The molecule has 3 rings (SSSR count). The number of methoxy groups -OCH3 is 2. The second-order valence-corrected chi connectivity index (χ2v) is 7.50. The fraction of sp³-hybridized carbons (Fsp3) is 0.360. The van der Waals surface area contributed by atoms with Crippen molar-refractivity contribution in [2.75, 3.05) is 40.4 Å². The monoisotopic (exact) mass is 438 g/mol. The molecule has 1 heterocycles. The molecule has 7 heteroatoms. The molecule has 1 fully saturated rings. The van der Waals surface area contributed by atoms with E-state index in [-0.39, 0.29) is 11.3 Å². The third kappa shape index (κ3) is 4.48. The van der Waals surface area contributed by atoms with Gasteiger partial charge in [-0.25, -0.2) is 0 Å². The van der Waals surface area contributed by atoms with E-state index in [0.717, 1.165) is 13.1 Å². The average Bonchev–Trinajstić information content (AvgIpc) is 3.09. The number of aliphatic hydroxyl groups is 1. The summed E-state index contributed by atoms with van der Waals surface area (Å²) in [5.41, 5.74) is 1.11.